The van der Waals surface area contributed by atoms with Crippen LogP contribution in [0.5, 0.6) is 0 Å². The molecule has 4 heteroatoms. The topological polar surface area (TPSA) is 55.1 Å². The number of aryl methyl sites for hydroxylation is 1. The number of carbonyl (C=O) groups is 1. The van der Waals surface area contributed by atoms with Crippen molar-refractivity contribution in [3.63, 3.8) is 0 Å². The number of benzene rings is 1. The molecule has 19 heavy (non-hydrogen) atoms. The van der Waals surface area contributed by atoms with Crippen molar-refractivity contribution in [3.8, 4) is 0 Å². The maximum Gasteiger partial charge on any atom is 0.254 e. The Morgan fingerprint density at radius 1 is 1.42 bits per heavy atom. The van der Waals surface area contributed by atoms with Gasteiger partial charge in [-0.15, -0.1) is 0 Å². The Balaban J connectivity index is 2.09. The Kier molecular flexibility index (Phi) is 4.53. The molecule has 1 aromatic carbocycles. The summed E-state index contributed by atoms with van der Waals surface area (Å²) in [6, 6.07) is 4.97. The van der Waals surface area contributed by atoms with Gasteiger partial charge in [0.15, 0.2) is 0 Å². The highest BCUT2D eigenvalue weighted by atomic mass is 19.1. The average molecular weight is 264 g/mol. The van der Waals surface area contributed by atoms with Gasteiger partial charge in [0, 0.05) is 6.04 Å². The number of hydrogen-bond acceptors (Lipinski definition) is 2. The predicted octanol–water partition coefficient (Wildman–Crippen LogP) is 2.38. The van der Waals surface area contributed by atoms with Crippen molar-refractivity contribution in [3.05, 3.63) is 35.1 Å². The Hall–Kier alpha value is -1.42. The van der Waals surface area contributed by atoms with Crippen molar-refractivity contribution in [2.75, 3.05) is 6.54 Å². The van der Waals surface area contributed by atoms with E-state index in [0.29, 0.717) is 18.0 Å². The highest BCUT2D eigenvalue weighted by molar-refractivity contribution is 5.94. The van der Waals surface area contributed by atoms with E-state index >= 15 is 0 Å². The lowest BCUT2D eigenvalue weighted by atomic mass is 9.84. The Labute approximate surface area is 113 Å². The van der Waals surface area contributed by atoms with Crippen LogP contribution in [0, 0.1) is 18.7 Å². The molecule has 1 saturated carbocycles. The van der Waals surface area contributed by atoms with E-state index in [9.17, 15) is 9.18 Å². The second-order valence-electron chi connectivity index (χ2n) is 5.30. The molecular formula is C15H21FN2O. The van der Waals surface area contributed by atoms with Gasteiger partial charge in [-0.2, -0.15) is 0 Å². The van der Waals surface area contributed by atoms with E-state index in [1.807, 2.05) is 0 Å². The molecule has 0 heterocycles. The van der Waals surface area contributed by atoms with Gasteiger partial charge in [-0.1, -0.05) is 25.0 Å². The number of nitrogens with two attached hydrogens (primary N) is 1. The first-order valence-corrected chi connectivity index (χ1v) is 6.89. The van der Waals surface area contributed by atoms with Gasteiger partial charge in [0.2, 0.25) is 0 Å². The maximum atomic E-state index is 13.9. The zero-order valence-electron chi connectivity index (χ0n) is 11.3. The minimum Gasteiger partial charge on any atom is -0.349 e. The van der Waals surface area contributed by atoms with Crippen LogP contribution in [0.3, 0.4) is 0 Å². The average Bonchev–Trinajstić information content (AvgIpc) is 2.42. The van der Waals surface area contributed by atoms with E-state index in [1.54, 1.807) is 19.1 Å². The molecule has 1 aromatic rings. The fourth-order valence-electron chi connectivity index (χ4n) is 2.75. The fourth-order valence-corrected chi connectivity index (χ4v) is 2.75. The molecule has 1 fully saturated rings. The molecule has 1 aliphatic carbocycles. The molecule has 2 atom stereocenters. The summed E-state index contributed by atoms with van der Waals surface area (Å²) in [6.07, 6.45) is 4.23. The molecule has 2 unspecified atom stereocenters. The molecule has 104 valence electrons. The van der Waals surface area contributed by atoms with Crippen LogP contribution in [-0.2, 0) is 0 Å². The molecule has 3 N–H and O–H groups in total. The first kappa shape index (κ1) is 14.0. The van der Waals surface area contributed by atoms with Gasteiger partial charge < -0.3 is 11.1 Å². The predicted molar refractivity (Wildman–Crippen MR) is 73.4 cm³/mol. The van der Waals surface area contributed by atoms with Crippen molar-refractivity contribution in [1.82, 2.24) is 5.32 Å². The molecule has 1 aliphatic rings. The third-order valence-electron chi connectivity index (χ3n) is 3.96. The van der Waals surface area contributed by atoms with E-state index in [0.717, 1.165) is 25.7 Å². The van der Waals surface area contributed by atoms with Crippen LogP contribution < -0.4 is 11.1 Å². The van der Waals surface area contributed by atoms with Gasteiger partial charge in [0.1, 0.15) is 5.82 Å². The molecular weight excluding hydrogens is 243 g/mol. The van der Waals surface area contributed by atoms with Gasteiger partial charge in [0.25, 0.3) is 5.91 Å². The summed E-state index contributed by atoms with van der Waals surface area (Å²) in [4.78, 5) is 12.2. The van der Waals surface area contributed by atoms with E-state index < -0.39 is 5.82 Å². The molecule has 1 amide bonds. The fraction of sp³-hybridized carbons (Fsp3) is 0.533. The molecule has 0 aliphatic heterocycles. The van der Waals surface area contributed by atoms with Crippen molar-refractivity contribution in [2.45, 2.75) is 38.6 Å². The second-order valence-corrected chi connectivity index (χ2v) is 5.30. The smallest absolute Gasteiger partial charge is 0.254 e. The quantitative estimate of drug-likeness (QED) is 0.880. The van der Waals surface area contributed by atoms with E-state index in [1.165, 1.54) is 6.07 Å². The molecule has 0 spiro atoms. The summed E-state index contributed by atoms with van der Waals surface area (Å²) in [5.41, 5.74) is 6.36. The molecule has 3 nitrogen and oxygen atoms in total. The number of nitrogens with one attached hydrogen (secondary N) is 1. The summed E-state index contributed by atoms with van der Waals surface area (Å²) in [6.45, 7) is 2.23. The Bertz CT molecular complexity index is 461. The number of halogens is 1. The van der Waals surface area contributed by atoms with Crippen LogP contribution in [0.4, 0.5) is 4.39 Å². The van der Waals surface area contributed by atoms with E-state index in [-0.39, 0.29) is 17.5 Å². The van der Waals surface area contributed by atoms with Crippen LogP contribution in [0.25, 0.3) is 0 Å². The van der Waals surface area contributed by atoms with Crippen molar-refractivity contribution in [1.29, 1.82) is 0 Å². The zero-order valence-corrected chi connectivity index (χ0v) is 11.3. The summed E-state index contributed by atoms with van der Waals surface area (Å²) in [5.74, 6) is -0.447. The van der Waals surface area contributed by atoms with Gasteiger partial charge in [-0.3, -0.25) is 4.79 Å². The van der Waals surface area contributed by atoms with Gasteiger partial charge in [-0.25, -0.2) is 4.39 Å². The SMILES string of the molecule is Cc1cccc(C(=O)NC2CCCCC2CN)c1F. The highest BCUT2D eigenvalue weighted by Crippen LogP contribution is 2.24. The lowest BCUT2D eigenvalue weighted by Crippen LogP contribution is -2.44. The molecule has 0 radical (unpaired) electrons. The lowest BCUT2D eigenvalue weighted by molar-refractivity contribution is 0.0904. The van der Waals surface area contributed by atoms with Gasteiger partial charge >= 0.3 is 0 Å². The number of amides is 1. The van der Waals surface area contributed by atoms with Crippen LogP contribution in [0.1, 0.15) is 41.6 Å². The van der Waals surface area contributed by atoms with E-state index in [4.69, 9.17) is 5.73 Å². The number of carbonyl (C=O) groups excluding carboxylic acids is 1. The zero-order chi connectivity index (χ0) is 13.8. The Morgan fingerprint density at radius 3 is 2.89 bits per heavy atom. The largest absolute Gasteiger partial charge is 0.349 e. The summed E-state index contributed by atoms with van der Waals surface area (Å²) >= 11 is 0. The van der Waals surface area contributed by atoms with Crippen molar-refractivity contribution >= 4 is 5.91 Å². The minimum atomic E-state index is -0.430. The third kappa shape index (κ3) is 3.13. The minimum absolute atomic E-state index is 0.0752. The third-order valence-corrected chi connectivity index (χ3v) is 3.96. The van der Waals surface area contributed by atoms with Crippen LogP contribution in [0.2, 0.25) is 0 Å². The monoisotopic (exact) mass is 264 g/mol. The Morgan fingerprint density at radius 2 is 2.16 bits per heavy atom. The van der Waals surface area contributed by atoms with Gasteiger partial charge in [0.05, 0.1) is 5.56 Å². The normalized spacial score (nSPS) is 23.1. The van der Waals surface area contributed by atoms with Crippen LogP contribution in [-0.4, -0.2) is 18.5 Å². The number of hydrogen-bond donors (Lipinski definition) is 2. The molecule has 0 bridgehead atoms. The summed E-state index contributed by atoms with van der Waals surface area (Å²) < 4.78 is 13.9. The first-order valence-electron chi connectivity index (χ1n) is 6.89. The maximum absolute atomic E-state index is 13.9. The highest BCUT2D eigenvalue weighted by Gasteiger charge is 2.26. The van der Waals surface area contributed by atoms with Crippen LogP contribution >= 0.6 is 0 Å². The summed E-state index contributed by atoms with van der Waals surface area (Å²) in [5, 5.41) is 2.95. The second kappa shape index (κ2) is 6.15. The standard InChI is InChI=1S/C15H21FN2O/c1-10-5-4-7-12(14(10)16)15(19)18-13-8-3-2-6-11(13)9-17/h4-5,7,11,13H,2-3,6,8-9,17H2,1H3,(H,18,19). The first-order chi connectivity index (χ1) is 9.13. The van der Waals surface area contributed by atoms with Gasteiger partial charge in [-0.05, 0) is 43.9 Å². The van der Waals surface area contributed by atoms with E-state index in [2.05, 4.69) is 5.32 Å². The molecule has 0 aromatic heterocycles. The summed E-state index contributed by atoms with van der Waals surface area (Å²) in [7, 11) is 0. The molecule has 2 rings (SSSR count). The van der Waals surface area contributed by atoms with Crippen molar-refractivity contribution < 1.29 is 9.18 Å². The van der Waals surface area contributed by atoms with Crippen LogP contribution in [0.15, 0.2) is 18.2 Å². The lowest BCUT2D eigenvalue weighted by Gasteiger charge is -2.31. The molecule has 0 saturated heterocycles. The van der Waals surface area contributed by atoms with Crippen molar-refractivity contribution in [2.24, 2.45) is 11.7 Å². The number of rotatable bonds is 3.